The van der Waals surface area contributed by atoms with Crippen LogP contribution in [0.15, 0.2) is 15.8 Å². The Morgan fingerprint density at radius 3 is 2.45 bits per heavy atom. The lowest BCUT2D eigenvalue weighted by molar-refractivity contribution is -0.0404. The van der Waals surface area contributed by atoms with E-state index in [0.717, 1.165) is 0 Å². The molecule has 0 bridgehead atoms. The molecule has 1 aliphatic rings. The number of hydrogen-bond donors (Lipinski definition) is 1. The van der Waals surface area contributed by atoms with E-state index in [1.807, 2.05) is 6.92 Å². The summed E-state index contributed by atoms with van der Waals surface area (Å²) in [5, 5.41) is 0.0368. The summed E-state index contributed by atoms with van der Waals surface area (Å²) < 4.78 is 26.9. The van der Waals surface area contributed by atoms with Gasteiger partial charge >= 0.3 is 5.69 Å². The first kappa shape index (κ1) is 24.3. The van der Waals surface area contributed by atoms with Gasteiger partial charge in [-0.05, 0) is 44.3 Å². The van der Waals surface area contributed by atoms with E-state index in [0.29, 0.717) is 18.1 Å². The van der Waals surface area contributed by atoms with Crippen molar-refractivity contribution in [1.82, 2.24) is 9.55 Å². The predicted molar refractivity (Wildman–Crippen MR) is 120 cm³/mol. The molecule has 0 spiro atoms. The molecule has 1 aromatic rings. The van der Waals surface area contributed by atoms with Crippen LogP contribution >= 0.6 is 7.14 Å². The Morgan fingerprint density at radius 1 is 1.34 bits per heavy atom. The Morgan fingerprint density at radius 2 is 1.93 bits per heavy atom. The third-order valence-electron chi connectivity index (χ3n) is 6.11. The van der Waals surface area contributed by atoms with Gasteiger partial charge in [-0.25, -0.2) is 4.79 Å². The number of aryl methyl sites for hydroxylation is 1. The molecule has 1 aliphatic heterocycles. The summed E-state index contributed by atoms with van der Waals surface area (Å²) in [7, 11) is -4.31. The van der Waals surface area contributed by atoms with E-state index >= 15 is 0 Å². The normalized spacial score (nSPS) is 24.7. The first-order valence-electron chi connectivity index (χ1n) is 10.2. The van der Waals surface area contributed by atoms with Crippen molar-refractivity contribution in [2.45, 2.75) is 77.6 Å². The molecule has 1 saturated heterocycles. The average Bonchev–Trinajstić information content (AvgIpc) is 2.91. The molecule has 1 fully saturated rings. The molecular weight excluding hydrogens is 407 g/mol. The van der Waals surface area contributed by atoms with Crippen LogP contribution in [0, 0.1) is 12.8 Å². The Kier molecular flexibility index (Phi) is 6.95. The second kappa shape index (κ2) is 8.29. The first-order chi connectivity index (χ1) is 13.0. The minimum atomic E-state index is -2.24. The minimum absolute atomic E-state index is 0.0233. The number of H-pyrrole nitrogens is 1. The largest absolute Gasteiger partial charge is 0.411 e. The quantitative estimate of drug-likeness (QED) is 0.533. The number of ether oxygens (including phenoxy) is 1. The second-order valence-corrected chi connectivity index (χ2v) is 18.7. The SMILES string of the molecule is Cc1cn([C@H]2CC(O[Si](C)(C)C(C)(C)C)[C@@H](C(C)CP(C)(C)=O)O2)c(=O)[nH]c1=O. The molecule has 29 heavy (non-hydrogen) atoms. The number of nitrogens with one attached hydrogen (secondary N) is 1. The van der Waals surface area contributed by atoms with Crippen molar-refractivity contribution in [1.29, 1.82) is 0 Å². The number of aromatic nitrogens is 2. The minimum Gasteiger partial charge on any atom is -0.411 e. The summed E-state index contributed by atoms with van der Waals surface area (Å²) >= 11 is 0. The number of aromatic amines is 1. The molecule has 0 radical (unpaired) electrons. The highest BCUT2D eigenvalue weighted by atomic mass is 31.2. The molecule has 0 amide bonds. The van der Waals surface area contributed by atoms with Crippen LogP contribution in [-0.2, 0) is 13.7 Å². The van der Waals surface area contributed by atoms with Gasteiger partial charge in [0.25, 0.3) is 5.56 Å². The van der Waals surface area contributed by atoms with E-state index < -0.39 is 27.4 Å². The highest BCUT2D eigenvalue weighted by molar-refractivity contribution is 7.62. The molecule has 166 valence electrons. The van der Waals surface area contributed by atoms with Crippen LogP contribution in [0.2, 0.25) is 18.1 Å². The van der Waals surface area contributed by atoms with Crippen LogP contribution < -0.4 is 11.2 Å². The van der Waals surface area contributed by atoms with Gasteiger partial charge < -0.3 is 13.7 Å². The summed E-state index contributed by atoms with van der Waals surface area (Å²) in [6, 6.07) is 0. The molecule has 2 heterocycles. The monoisotopic (exact) mass is 444 g/mol. The molecule has 1 N–H and O–H groups in total. The van der Waals surface area contributed by atoms with Crippen LogP contribution in [0.25, 0.3) is 0 Å². The highest BCUT2D eigenvalue weighted by Gasteiger charge is 2.47. The van der Waals surface area contributed by atoms with Crippen molar-refractivity contribution in [2.24, 2.45) is 5.92 Å². The zero-order chi connectivity index (χ0) is 22.4. The summed E-state index contributed by atoms with van der Waals surface area (Å²) in [4.78, 5) is 26.5. The van der Waals surface area contributed by atoms with Crippen molar-refractivity contribution in [3.05, 3.63) is 32.6 Å². The lowest BCUT2D eigenvalue weighted by Gasteiger charge is -2.40. The predicted octanol–water partition coefficient (Wildman–Crippen LogP) is 3.78. The van der Waals surface area contributed by atoms with E-state index in [9.17, 15) is 14.2 Å². The Balaban J connectivity index is 2.38. The smallest absolute Gasteiger partial charge is 0.330 e. The number of rotatable bonds is 6. The van der Waals surface area contributed by atoms with E-state index in [1.165, 1.54) is 4.57 Å². The van der Waals surface area contributed by atoms with Crippen LogP contribution in [-0.4, -0.2) is 49.6 Å². The maximum absolute atomic E-state index is 12.4. The molecular formula is C20H37N2O5PSi. The van der Waals surface area contributed by atoms with Gasteiger partial charge in [0.1, 0.15) is 6.23 Å². The molecule has 0 aliphatic carbocycles. The third-order valence-corrected chi connectivity index (χ3v) is 12.1. The summed E-state index contributed by atoms with van der Waals surface area (Å²) in [6.07, 6.45) is 1.65. The molecule has 4 atom stereocenters. The van der Waals surface area contributed by atoms with Crippen LogP contribution in [0.5, 0.6) is 0 Å². The van der Waals surface area contributed by atoms with Gasteiger partial charge in [-0.2, -0.15) is 0 Å². The Bertz CT molecular complexity index is 895. The van der Waals surface area contributed by atoms with Gasteiger partial charge in [0.2, 0.25) is 0 Å². The fourth-order valence-corrected chi connectivity index (χ4v) is 6.54. The zero-order valence-electron chi connectivity index (χ0n) is 19.2. The molecule has 2 rings (SSSR count). The van der Waals surface area contributed by atoms with Gasteiger partial charge in [0, 0.05) is 24.3 Å². The topological polar surface area (TPSA) is 90.4 Å². The van der Waals surface area contributed by atoms with Crippen molar-refractivity contribution < 1.29 is 13.7 Å². The van der Waals surface area contributed by atoms with E-state index in [4.69, 9.17) is 9.16 Å². The molecule has 2 unspecified atom stereocenters. The van der Waals surface area contributed by atoms with Crippen molar-refractivity contribution >= 4 is 15.5 Å². The summed E-state index contributed by atoms with van der Waals surface area (Å²) in [5.74, 6) is 0.0233. The number of nitrogens with zero attached hydrogens (tertiary/aromatic N) is 1. The van der Waals surface area contributed by atoms with Crippen molar-refractivity contribution in [3.63, 3.8) is 0 Å². The molecule has 1 aromatic heterocycles. The first-order valence-corrected chi connectivity index (χ1v) is 15.9. The third kappa shape index (κ3) is 5.81. The maximum atomic E-state index is 12.4. The lowest BCUT2D eigenvalue weighted by atomic mass is 10.0. The van der Waals surface area contributed by atoms with E-state index in [2.05, 4.69) is 38.8 Å². The van der Waals surface area contributed by atoms with Crippen molar-refractivity contribution in [2.75, 3.05) is 19.5 Å². The van der Waals surface area contributed by atoms with Crippen molar-refractivity contribution in [3.8, 4) is 0 Å². The summed E-state index contributed by atoms with van der Waals surface area (Å²) in [5.41, 5.74) is -0.416. The van der Waals surface area contributed by atoms with E-state index in [-0.39, 0.29) is 28.7 Å². The van der Waals surface area contributed by atoms with E-state index in [1.54, 1.807) is 26.5 Å². The molecule has 0 saturated carbocycles. The fraction of sp³-hybridized carbons (Fsp3) is 0.800. The van der Waals surface area contributed by atoms with Crippen LogP contribution in [0.1, 0.15) is 45.9 Å². The van der Waals surface area contributed by atoms with Crippen LogP contribution in [0.3, 0.4) is 0 Å². The zero-order valence-corrected chi connectivity index (χ0v) is 21.1. The van der Waals surface area contributed by atoms with Gasteiger partial charge in [0.05, 0.1) is 19.3 Å². The van der Waals surface area contributed by atoms with Gasteiger partial charge in [0.15, 0.2) is 8.32 Å². The standard InChI is InChI=1S/C20H37N2O5PSi/c1-13-11-22(19(24)21-18(13)23)16-10-15(27-29(8,9)20(3,4)5)17(26-16)14(2)12-28(6,7)25/h11,14-17H,10,12H2,1-9H3,(H,21,23,24)/t14?,15?,16-,17-/m1/s1. The van der Waals surface area contributed by atoms with Gasteiger partial charge in [-0.15, -0.1) is 0 Å². The number of hydrogen-bond acceptors (Lipinski definition) is 5. The van der Waals surface area contributed by atoms with Crippen LogP contribution in [0.4, 0.5) is 0 Å². The van der Waals surface area contributed by atoms with Gasteiger partial charge in [-0.1, -0.05) is 27.7 Å². The Hall–Kier alpha value is -0.953. The average molecular weight is 445 g/mol. The van der Waals surface area contributed by atoms with Gasteiger partial charge in [-0.3, -0.25) is 14.3 Å². The lowest BCUT2D eigenvalue weighted by Crippen LogP contribution is -2.47. The Labute approximate surface area is 174 Å². The molecule has 9 heteroatoms. The molecule has 7 nitrogen and oxygen atoms in total. The molecule has 0 aromatic carbocycles. The fourth-order valence-electron chi connectivity index (χ4n) is 3.60. The second-order valence-electron chi connectivity index (χ2n) is 10.4. The summed E-state index contributed by atoms with van der Waals surface area (Å²) in [6.45, 7) is 18.2. The maximum Gasteiger partial charge on any atom is 0.330 e. The highest BCUT2D eigenvalue weighted by Crippen LogP contribution is 2.45.